The molecule has 0 bridgehead atoms. The van der Waals surface area contributed by atoms with Crippen LogP contribution in [-0.2, 0) is 0 Å². The molecule has 0 aliphatic carbocycles. The minimum atomic E-state index is -0.867. The lowest BCUT2D eigenvalue weighted by Crippen LogP contribution is -2.03. The van der Waals surface area contributed by atoms with E-state index in [4.69, 9.17) is 25.8 Å². The average molecular weight is 394 g/mol. The van der Waals surface area contributed by atoms with Gasteiger partial charge in [0.15, 0.2) is 11.5 Å². The van der Waals surface area contributed by atoms with E-state index in [-0.39, 0.29) is 0 Å². The molecule has 4 nitrogen and oxygen atoms in total. The molecule has 7 heteroatoms. The molecular formula is C14H14BrClO4S. The third kappa shape index (κ3) is 3.13. The van der Waals surface area contributed by atoms with Crippen molar-refractivity contribution in [3.05, 3.63) is 37.4 Å². The van der Waals surface area contributed by atoms with Crippen LogP contribution in [0.5, 0.6) is 17.2 Å². The fourth-order valence-corrected chi connectivity index (χ4v) is 3.73. The maximum absolute atomic E-state index is 10.6. The van der Waals surface area contributed by atoms with Gasteiger partial charge >= 0.3 is 0 Å². The SMILES string of the molecule is COc1ccc(C(O)c2cc(Br)c(Cl)s2)c(OC)c1OC. The van der Waals surface area contributed by atoms with E-state index in [1.807, 2.05) is 0 Å². The van der Waals surface area contributed by atoms with Crippen LogP contribution >= 0.6 is 38.9 Å². The molecular weight excluding hydrogens is 380 g/mol. The van der Waals surface area contributed by atoms with Gasteiger partial charge in [-0.3, -0.25) is 0 Å². The highest BCUT2D eigenvalue weighted by atomic mass is 79.9. The van der Waals surface area contributed by atoms with Gasteiger partial charge < -0.3 is 19.3 Å². The fraction of sp³-hybridized carbons (Fsp3) is 0.286. The number of thiophene rings is 1. The van der Waals surface area contributed by atoms with Gasteiger partial charge in [0.2, 0.25) is 5.75 Å². The summed E-state index contributed by atoms with van der Waals surface area (Å²) in [5.41, 5.74) is 0.584. The van der Waals surface area contributed by atoms with Gasteiger partial charge in [-0.15, -0.1) is 11.3 Å². The molecule has 1 aromatic carbocycles. The molecule has 21 heavy (non-hydrogen) atoms. The molecule has 1 N–H and O–H groups in total. The standard InChI is InChI=1S/C14H14BrClO4S/c1-18-9-5-4-7(12(19-2)13(9)20-3)11(17)10-6-8(15)14(16)21-10/h4-6,11,17H,1-3H3. The van der Waals surface area contributed by atoms with Crippen LogP contribution in [0.3, 0.4) is 0 Å². The average Bonchev–Trinajstić information content (AvgIpc) is 2.84. The molecule has 1 unspecified atom stereocenters. The van der Waals surface area contributed by atoms with Crippen molar-refractivity contribution in [3.8, 4) is 17.2 Å². The first-order valence-corrected chi connectivity index (χ1v) is 7.93. The summed E-state index contributed by atoms with van der Waals surface area (Å²) in [4.78, 5) is 0.706. The van der Waals surface area contributed by atoms with Crippen LogP contribution in [0.15, 0.2) is 22.7 Å². The van der Waals surface area contributed by atoms with Crippen molar-refractivity contribution in [1.29, 1.82) is 0 Å². The molecule has 0 radical (unpaired) electrons. The molecule has 2 aromatic rings. The summed E-state index contributed by atoms with van der Waals surface area (Å²) in [7, 11) is 4.59. The first kappa shape index (κ1) is 16.4. The second-order valence-corrected chi connectivity index (χ2v) is 6.64. The summed E-state index contributed by atoms with van der Waals surface area (Å²) < 4.78 is 17.3. The van der Waals surface area contributed by atoms with Crippen LogP contribution in [0, 0.1) is 0 Å². The van der Waals surface area contributed by atoms with Crippen LogP contribution in [0.1, 0.15) is 16.5 Å². The van der Waals surface area contributed by atoms with Crippen LogP contribution in [0.2, 0.25) is 4.34 Å². The zero-order valence-electron chi connectivity index (χ0n) is 11.6. The Kier molecular flexibility index (Phi) is 5.37. The van der Waals surface area contributed by atoms with Gasteiger partial charge in [-0.25, -0.2) is 0 Å². The predicted octanol–water partition coefficient (Wildman–Crippen LogP) is 4.27. The van der Waals surface area contributed by atoms with Crippen molar-refractivity contribution in [2.75, 3.05) is 21.3 Å². The lowest BCUT2D eigenvalue weighted by molar-refractivity contribution is 0.216. The van der Waals surface area contributed by atoms with Gasteiger partial charge in [0.25, 0.3) is 0 Å². The van der Waals surface area contributed by atoms with Crippen molar-refractivity contribution in [2.45, 2.75) is 6.10 Å². The van der Waals surface area contributed by atoms with Gasteiger partial charge in [-0.2, -0.15) is 0 Å². The number of methoxy groups -OCH3 is 3. The highest BCUT2D eigenvalue weighted by Gasteiger charge is 2.23. The summed E-state index contributed by atoms with van der Waals surface area (Å²) in [6.07, 6.45) is -0.867. The molecule has 0 saturated carbocycles. The Morgan fingerprint density at radius 3 is 2.29 bits per heavy atom. The van der Waals surface area contributed by atoms with E-state index in [9.17, 15) is 5.11 Å². The topological polar surface area (TPSA) is 47.9 Å². The molecule has 0 amide bonds. The number of benzene rings is 1. The van der Waals surface area contributed by atoms with E-state index in [0.29, 0.717) is 32.0 Å². The molecule has 2 rings (SSSR count). The van der Waals surface area contributed by atoms with Gasteiger partial charge in [0.05, 0.1) is 21.3 Å². The normalized spacial score (nSPS) is 12.1. The predicted molar refractivity (Wildman–Crippen MR) is 87.2 cm³/mol. The second-order valence-electron chi connectivity index (χ2n) is 4.10. The van der Waals surface area contributed by atoms with Crippen LogP contribution < -0.4 is 14.2 Å². The van der Waals surface area contributed by atoms with E-state index < -0.39 is 6.10 Å². The maximum atomic E-state index is 10.6. The monoisotopic (exact) mass is 392 g/mol. The van der Waals surface area contributed by atoms with Crippen molar-refractivity contribution in [2.24, 2.45) is 0 Å². The van der Waals surface area contributed by atoms with E-state index in [0.717, 1.165) is 4.47 Å². The Morgan fingerprint density at radius 1 is 1.14 bits per heavy atom. The van der Waals surface area contributed by atoms with E-state index in [1.54, 1.807) is 25.3 Å². The molecule has 1 heterocycles. The van der Waals surface area contributed by atoms with E-state index in [2.05, 4.69) is 15.9 Å². The Hall–Kier alpha value is -0.950. The summed E-state index contributed by atoms with van der Waals surface area (Å²) in [5.74, 6) is 1.42. The van der Waals surface area contributed by atoms with E-state index >= 15 is 0 Å². The van der Waals surface area contributed by atoms with Crippen molar-refractivity contribution in [1.82, 2.24) is 0 Å². The quantitative estimate of drug-likeness (QED) is 0.824. The number of hydrogen-bond donors (Lipinski definition) is 1. The van der Waals surface area contributed by atoms with Crippen molar-refractivity contribution >= 4 is 38.9 Å². The van der Waals surface area contributed by atoms with Gasteiger partial charge in [-0.05, 0) is 34.1 Å². The number of ether oxygens (including phenoxy) is 3. The van der Waals surface area contributed by atoms with Crippen LogP contribution in [0.25, 0.3) is 0 Å². The van der Waals surface area contributed by atoms with Crippen molar-refractivity contribution in [3.63, 3.8) is 0 Å². The number of rotatable bonds is 5. The maximum Gasteiger partial charge on any atom is 0.203 e. The lowest BCUT2D eigenvalue weighted by atomic mass is 10.1. The summed E-state index contributed by atoms with van der Waals surface area (Å²) >= 11 is 10.7. The molecule has 0 spiro atoms. The Morgan fingerprint density at radius 2 is 1.81 bits per heavy atom. The van der Waals surface area contributed by atoms with Gasteiger partial charge in [0, 0.05) is 14.9 Å². The largest absolute Gasteiger partial charge is 0.493 e. The molecule has 0 saturated heterocycles. The Labute approximate surface area is 140 Å². The highest BCUT2D eigenvalue weighted by molar-refractivity contribution is 9.10. The van der Waals surface area contributed by atoms with Crippen LogP contribution in [0.4, 0.5) is 0 Å². The smallest absolute Gasteiger partial charge is 0.203 e. The fourth-order valence-electron chi connectivity index (χ4n) is 1.99. The van der Waals surface area contributed by atoms with Gasteiger partial charge in [-0.1, -0.05) is 11.6 Å². The zero-order valence-corrected chi connectivity index (χ0v) is 14.8. The van der Waals surface area contributed by atoms with E-state index in [1.165, 1.54) is 25.6 Å². The Balaban J connectivity index is 2.52. The number of halogens is 2. The van der Waals surface area contributed by atoms with Gasteiger partial charge in [0.1, 0.15) is 10.4 Å². The summed E-state index contributed by atoms with van der Waals surface area (Å²) in [6.45, 7) is 0. The second kappa shape index (κ2) is 6.87. The molecule has 0 fully saturated rings. The Bertz CT molecular complexity index is 625. The minimum absolute atomic E-state index is 0.435. The number of aliphatic hydroxyl groups is 1. The summed E-state index contributed by atoms with van der Waals surface area (Å²) in [6, 6.07) is 5.25. The van der Waals surface area contributed by atoms with Crippen molar-refractivity contribution < 1.29 is 19.3 Å². The zero-order chi connectivity index (χ0) is 15.6. The lowest BCUT2D eigenvalue weighted by Gasteiger charge is -2.18. The third-order valence-electron chi connectivity index (χ3n) is 2.96. The first-order valence-electron chi connectivity index (χ1n) is 5.95. The number of hydrogen-bond acceptors (Lipinski definition) is 5. The summed E-state index contributed by atoms with van der Waals surface area (Å²) in [5, 5.41) is 10.6. The highest BCUT2D eigenvalue weighted by Crippen LogP contribution is 2.45. The molecule has 0 aliphatic heterocycles. The molecule has 0 aliphatic rings. The number of aliphatic hydroxyl groups excluding tert-OH is 1. The molecule has 1 atom stereocenters. The minimum Gasteiger partial charge on any atom is -0.493 e. The molecule has 1 aromatic heterocycles. The first-order chi connectivity index (χ1) is 10.0. The third-order valence-corrected chi connectivity index (χ3v) is 5.49. The molecule has 114 valence electrons. The van der Waals surface area contributed by atoms with Crippen LogP contribution in [-0.4, -0.2) is 26.4 Å².